The van der Waals surface area contributed by atoms with Crippen LogP contribution in [0.4, 0.5) is 12.0 Å². The first-order valence-corrected chi connectivity index (χ1v) is 4.07. The number of aliphatic hydroxyl groups excluding tert-OH is 1. The minimum atomic E-state index is -0.331. The fraction of sp³-hybridized carbons (Fsp3) is 0.714. The summed E-state index contributed by atoms with van der Waals surface area (Å²) in [6, 6.07) is 0.428. The number of nitrogen functional groups attached to an aromatic ring is 1. The molecular formula is C7H14N4O2. The lowest BCUT2D eigenvalue weighted by Crippen LogP contribution is -2.22. The van der Waals surface area contributed by atoms with Gasteiger partial charge in [0.05, 0.1) is 6.10 Å². The van der Waals surface area contributed by atoms with E-state index < -0.39 is 0 Å². The molecule has 0 saturated carbocycles. The van der Waals surface area contributed by atoms with Crippen molar-refractivity contribution in [1.29, 1.82) is 0 Å². The first-order chi connectivity index (χ1) is 6.09. The van der Waals surface area contributed by atoms with Crippen LogP contribution in [0.3, 0.4) is 0 Å². The first-order valence-electron chi connectivity index (χ1n) is 4.07. The Kier molecular flexibility index (Phi) is 3.07. The molecule has 0 spiro atoms. The fourth-order valence-electron chi connectivity index (χ4n) is 0.857. The van der Waals surface area contributed by atoms with Crippen LogP contribution >= 0.6 is 0 Å². The Bertz CT molecular complexity index is 261. The van der Waals surface area contributed by atoms with Crippen LogP contribution in [0.25, 0.3) is 0 Å². The molecule has 74 valence electrons. The Hall–Kier alpha value is -1.30. The van der Waals surface area contributed by atoms with E-state index in [1.165, 1.54) is 0 Å². The predicted molar refractivity (Wildman–Crippen MR) is 48.3 cm³/mol. The van der Waals surface area contributed by atoms with Crippen LogP contribution in [-0.2, 0) is 0 Å². The summed E-state index contributed by atoms with van der Waals surface area (Å²) in [5.41, 5.74) is 5.26. The van der Waals surface area contributed by atoms with Crippen molar-refractivity contribution in [3.05, 3.63) is 0 Å². The summed E-state index contributed by atoms with van der Waals surface area (Å²) < 4.78 is 4.98. The van der Waals surface area contributed by atoms with Crippen LogP contribution in [0, 0.1) is 0 Å². The maximum atomic E-state index is 9.04. The number of nitrogens with two attached hydrogens (primary N) is 1. The molecule has 6 nitrogen and oxygen atoms in total. The minimum absolute atomic E-state index is 0.0545. The third kappa shape index (κ3) is 2.90. The van der Waals surface area contributed by atoms with Gasteiger partial charge in [-0.1, -0.05) is 10.2 Å². The number of aromatic nitrogens is 2. The third-order valence-corrected chi connectivity index (χ3v) is 1.64. The molecule has 0 fully saturated rings. The quantitative estimate of drug-likeness (QED) is 0.680. The molecule has 6 heteroatoms. The lowest BCUT2D eigenvalue weighted by molar-refractivity contribution is 0.186. The molecule has 0 saturated heterocycles. The highest BCUT2D eigenvalue weighted by Crippen LogP contribution is 2.11. The molecule has 3 N–H and O–H groups in total. The molecule has 0 bridgehead atoms. The SMILES string of the molecule is CC(O)CCN(C)c1nnc(N)o1. The molecule has 0 radical (unpaired) electrons. The summed E-state index contributed by atoms with van der Waals surface area (Å²) in [6.45, 7) is 2.38. The van der Waals surface area contributed by atoms with Gasteiger partial charge in [0.2, 0.25) is 0 Å². The van der Waals surface area contributed by atoms with E-state index in [0.29, 0.717) is 19.0 Å². The number of rotatable bonds is 4. The Morgan fingerprint density at radius 1 is 1.62 bits per heavy atom. The van der Waals surface area contributed by atoms with E-state index in [0.717, 1.165) is 0 Å². The fourth-order valence-corrected chi connectivity index (χ4v) is 0.857. The van der Waals surface area contributed by atoms with E-state index in [4.69, 9.17) is 15.3 Å². The molecule has 1 aromatic heterocycles. The number of hydrogen-bond acceptors (Lipinski definition) is 6. The smallest absolute Gasteiger partial charge is 0.319 e. The molecular weight excluding hydrogens is 172 g/mol. The average Bonchev–Trinajstić information content (AvgIpc) is 2.47. The number of anilines is 2. The van der Waals surface area contributed by atoms with Gasteiger partial charge in [-0.3, -0.25) is 0 Å². The van der Waals surface area contributed by atoms with Gasteiger partial charge in [0, 0.05) is 13.6 Å². The number of aliphatic hydroxyl groups is 1. The van der Waals surface area contributed by atoms with Crippen molar-refractivity contribution in [2.75, 3.05) is 24.2 Å². The van der Waals surface area contributed by atoms with Crippen LogP contribution in [-0.4, -0.2) is 35.0 Å². The Balaban J connectivity index is 2.44. The summed E-state index contributed by atoms with van der Waals surface area (Å²) in [4.78, 5) is 1.75. The van der Waals surface area contributed by atoms with E-state index in [1.54, 1.807) is 18.9 Å². The summed E-state index contributed by atoms with van der Waals surface area (Å²) >= 11 is 0. The second kappa shape index (κ2) is 4.08. The van der Waals surface area contributed by atoms with Crippen LogP contribution in [0.1, 0.15) is 13.3 Å². The Morgan fingerprint density at radius 3 is 2.77 bits per heavy atom. The molecule has 0 amide bonds. The van der Waals surface area contributed by atoms with Gasteiger partial charge in [-0.05, 0) is 13.3 Å². The molecule has 1 aromatic rings. The van der Waals surface area contributed by atoms with Gasteiger partial charge in [0.1, 0.15) is 0 Å². The third-order valence-electron chi connectivity index (χ3n) is 1.64. The lowest BCUT2D eigenvalue weighted by Gasteiger charge is -2.14. The highest BCUT2D eigenvalue weighted by Gasteiger charge is 2.09. The summed E-state index contributed by atoms with van der Waals surface area (Å²) in [6.07, 6.45) is 0.321. The Labute approximate surface area is 76.4 Å². The molecule has 0 aromatic carbocycles. The van der Waals surface area contributed by atoms with Gasteiger partial charge in [-0.25, -0.2) is 0 Å². The van der Waals surface area contributed by atoms with E-state index in [2.05, 4.69) is 10.2 Å². The van der Waals surface area contributed by atoms with E-state index in [9.17, 15) is 0 Å². The molecule has 0 aliphatic rings. The summed E-state index contributed by atoms with van der Waals surface area (Å²) in [5.74, 6) is 0. The van der Waals surface area contributed by atoms with Gasteiger partial charge < -0.3 is 20.2 Å². The van der Waals surface area contributed by atoms with Gasteiger partial charge in [0.15, 0.2) is 0 Å². The molecule has 0 aliphatic carbocycles. The lowest BCUT2D eigenvalue weighted by atomic mass is 10.3. The van der Waals surface area contributed by atoms with Crippen LogP contribution in [0.15, 0.2) is 4.42 Å². The zero-order chi connectivity index (χ0) is 9.84. The van der Waals surface area contributed by atoms with Crippen molar-refractivity contribution >= 4 is 12.0 Å². The monoisotopic (exact) mass is 186 g/mol. The second-order valence-electron chi connectivity index (χ2n) is 2.98. The molecule has 1 atom stereocenters. The normalized spacial score (nSPS) is 12.8. The van der Waals surface area contributed by atoms with Crippen molar-refractivity contribution in [1.82, 2.24) is 10.2 Å². The van der Waals surface area contributed by atoms with Crippen molar-refractivity contribution < 1.29 is 9.52 Å². The molecule has 0 aliphatic heterocycles. The van der Waals surface area contributed by atoms with Crippen LogP contribution in [0.5, 0.6) is 0 Å². The van der Waals surface area contributed by atoms with Crippen LogP contribution < -0.4 is 10.6 Å². The van der Waals surface area contributed by atoms with Gasteiger partial charge in [-0.15, -0.1) is 0 Å². The molecule has 1 heterocycles. The largest absolute Gasteiger partial charge is 0.393 e. The molecule has 1 rings (SSSR count). The van der Waals surface area contributed by atoms with Crippen molar-refractivity contribution in [2.45, 2.75) is 19.4 Å². The Morgan fingerprint density at radius 2 is 2.31 bits per heavy atom. The first kappa shape index (κ1) is 9.79. The van der Waals surface area contributed by atoms with Crippen molar-refractivity contribution in [3.8, 4) is 0 Å². The topological polar surface area (TPSA) is 88.4 Å². The zero-order valence-electron chi connectivity index (χ0n) is 7.77. The van der Waals surface area contributed by atoms with E-state index >= 15 is 0 Å². The highest BCUT2D eigenvalue weighted by atomic mass is 16.4. The zero-order valence-corrected chi connectivity index (χ0v) is 7.77. The molecule has 13 heavy (non-hydrogen) atoms. The van der Waals surface area contributed by atoms with Gasteiger partial charge >= 0.3 is 12.0 Å². The summed E-state index contributed by atoms with van der Waals surface area (Å²) in [7, 11) is 1.80. The molecule has 1 unspecified atom stereocenters. The standard InChI is InChI=1S/C7H14N4O2/c1-5(12)3-4-11(2)7-10-9-6(8)13-7/h5,12H,3-4H2,1-2H3,(H2,8,9). The van der Waals surface area contributed by atoms with Crippen molar-refractivity contribution in [3.63, 3.8) is 0 Å². The van der Waals surface area contributed by atoms with Gasteiger partial charge in [-0.2, -0.15) is 0 Å². The number of hydrogen-bond donors (Lipinski definition) is 2. The summed E-state index contributed by atoms with van der Waals surface area (Å²) in [5, 5.41) is 16.3. The maximum Gasteiger partial charge on any atom is 0.319 e. The second-order valence-corrected chi connectivity index (χ2v) is 2.98. The number of nitrogens with zero attached hydrogens (tertiary/aromatic N) is 3. The minimum Gasteiger partial charge on any atom is -0.393 e. The van der Waals surface area contributed by atoms with E-state index in [-0.39, 0.29) is 12.1 Å². The maximum absolute atomic E-state index is 9.04. The highest BCUT2D eigenvalue weighted by molar-refractivity contribution is 5.25. The van der Waals surface area contributed by atoms with Gasteiger partial charge in [0.25, 0.3) is 0 Å². The van der Waals surface area contributed by atoms with Crippen LogP contribution in [0.2, 0.25) is 0 Å². The predicted octanol–water partition coefficient (Wildman–Crippen LogP) is -0.141. The average molecular weight is 186 g/mol. The van der Waals surface area contributed by atoms with E-state index in [1.807, 2.05) is 0 Å². The van der Waals surface area contributed by atoms with Crippen molar-refractivity contribution in [2.24, 2.45) is 0 Å².